The Labute approximate surface area is 116 Å². The highest BCUT2D eigenvalue weighted by Crippen LogP contribution is 2.65. The summed E-state index contributed by atoms with van der Waals surface area (Å²) in [6.45, 7) is 0.505. The van der Waals surface area contributed by atoms with Crippen LogP contribution in [-0.4, -0.2) is 27.5 Å². The summed E-state index contributed by atoms with van der Waals surface area (Å²) in [5.74, 6) is 0.556. The lowest BCUT2D eigenvalue weighted by atomic mass is 10.0. The van der Waals surface area contributed by atoms with Gasteiger partial charge in [-0.25, -0.2) is 14.8 Å². The number of aromatic nitrogens is 3. The Bertz CT molecular complexity index is 666. The number of H-pyrrole nitrogens is 1. The van der Waals surface area contributed by atoms with Crippen LogP contribution in [-0.2, 0) is 4.74 Å². The van der Waals surface area contributed by atoms with Gasteiger partial charge in [0.15, 0.2) is 5.69 Å². The molecular weight excluding hydrogens is 254 g/mol. The Morgan fingerprint density at radius 2 is 2.45 bits per heavy atom. The molecule has 4 rings (SSSR count). The minimum absolute atomic E-state index is 0.344. The van der Waals surface area contributed by atoms with E-state index in [0.717, 1.165) is 17.7 Å². The fourth-order valence-electron chi connectivity index (χ4n) is 3.73. The maximum atomic E-state index is 12.1. The molecule has 20 heavy (non-hydrogen) atoms. The first-order chi connectivity index (χ1) is 9.78. The van der Waals surface area contributed by atoms with Gasteiger partial charge in [-0.15, -0.1) is 0 Å². The van der Waals surface area contributed by atoms with Gasteiger partial charge in [-0.2, -0.15) is 0 Å². The smallest absolute Gasteiger partial charge is 0.357 e. The second-order valence-corrected chi connectivity index (χ2v) is 6.00. The molecule has 5 heteroatoms. The van der Waals surface area contributed by atoms with Crippen LogP contribution in [0.15, 0.2) is 18.6 Å². The third-order valence-corrected chi connectivity index (χ3v) is 4.97. The minimum atomic E-state index is -0.344. The predicted octanol–water partition coefficient (Wildman–Crippen LogP) is 2.70. The molecule has 0 amide bonds. The molecule has 2 aliphatic rings. The largest absolute Gasteiger partial charge is 0.461 e. The number of hydrogen-bond donors (Lipinski definition) is 1. The average molecular weight is 271 g/mol. The fourth-order valence-corrected chi connectivity index (χ4v) is 3.73. The van der Waals surface area contributed by atoms with E-state index in [9.17, 15) is 4.79 Å². The predicted molar refractivity (Wildman–Crippen MR) is 73.2 cm³/mol. The quantitative estimate of drug-likeness (QED) is 0.868. The van der Waals surface area contributed by atoms with E-state index in [1.165, 1.54) is 32.0 Å². The van der Waals surface area contributed by atoms with Crippen LogP contribution >= 0.6 is 0 Å². The number of carbonyl (C=O) groups is 1. The van der Waals surface area contributed by atoms with Crippen molar-refractivity contribution in [3.63, 3.8) is 0 Å². The summed E-state index contributed by atoms with van der Waals surface area (Å²) in [7, 11) is 0. The lowest BCUT2D eigenvalue weighted by Crippen LogP contribution is -2.12. The molecule has 2 heterocycles. The fraction of sp³-hybridized carbons (Fsp3) is 0.533. The van der Waals surface area contributed by atoms with Crippen LogP contribution in [0.5, 0.6) is 0 Å². The Balaban J connectivity index is 1.41. The molecule has 0 spiro atoms. The van der Waals surface area contributed by atoms with Crippen LogP contribution in [0.4, 0.5) is 0 Å². The average Bonchev–Trinajstić information content (AvgIpc) is 2.83. The second kappa shape index (κ2) is 4.30. The molecule has 2 atom stereocenters. The van der Waals surface area contributed by atoms with Gasteiger partial charge in [-0.1, -0.05) is 6.42 Å². The van der Waals surface area contributed by atoms with Crippen LogP contribution < -0.4 is 0 Å². The summed E-state index contributed by atoms with van der Waals surface area (Å²) in [6, 6.07) is 1.80. The van der Waals surface area contributed by atoms with E-state index in [0.29, 0.717) is 23.4 Å². The highest BCUT2D eigenvalue weighted by molar-refractivity contribution is 6.00. The SMILES string of the molecule is O=C(OCC[C@@]12CCC[C@@H]1C2)c1ncnc2[nH]ccc12. The number of nitrogens with one attached hydrogen (secondary N) is 1. The van der Waals surface area contributed by atoms with E-state index in [1.54, 1.807) is 12.3 Å². The lowest BCUT2D eigenvalue weighted by molar-refractivity contribution is 0.0471. The van der Waals surface area contributed by atoms with Gasteiger partial charge in [-0.3, -0.25) is 0 Å². The first-order valence-corrected chi connectivity index (χ1v) is 7.24. The van der Waals surface area contributed by atoms with Crippen molar-refractivity contribution in [3.05, 3.63) is 24.3 Å². The molecule has 104 valence electrons. The number of fused-ring (bicyclic) bond motifs is 2. The molecule has 2 aromatic rings. The molecule has 0 aliphatic heterocycles. The molecule has 0 radical (unpaired) electrons. The summed E-state index contributed by atoms with van der Waals surface area (Å²) in [4.78, 5) is 23.2. The Kier molecular flexibility index (Phi) is 2.55. The zero-order valence-corrected chi connectivity index (χ0v) is 11.3. The molecule has 0 aromatic carbocycles. The second-order valence-electron chi connectivity index (χ2n) is 6.00. The van der Waals surface area contributed by atoms with Gasteiger partial charge in [0.2, 0.25) is 0 Å². The minimum Gasteiger partial charge on any atom is -0.461 e. The van der Waals surface area contributed by atoms with E-state index in [4.69, 9.17) is 4.74 Å². The highest BCUT2D eigenvalue weighted by atomic mass is 16.5. The van der Waals surface area contributed by atoms with Crippen molar-refractivity contribution >= 4 is 17.0 Å². The van der Waals surface area contributed by atoms with Crippen molar-refractivity contribution in [1.29, 1.82) is 0 Å². The Morgan fingerprint density at radius 3 is 3.25 bits per heavy atom. The maximum absolute atomic E-state index is 12.1. The lowest BCUT2D eigenvalue weighted by Gasteiger charge is -2.11. The van der Waals surface area contributed by atoms with Crippen molar-refractivity contribution in [3.8, 4) is 0 Å². The molecule has 5 nitrogen and oxygen atoms in total. The van der Waals surface area contributed by atoms with Crippen molar-refractivity contribution in [1.82, 2.24) is 15.0 Å². The highest BCUT2D eigenvalue weighted by Gasteiger charge is 2.55. The molecule has 2 aliphatic carbocycles. The first kappa shape index (κ1) is 11.9. The van der Waals surface area contributed by atoms with Crippen molar-refractivity contribution in [2.45, 2.75) is 32.1 Å². The Morgan fingerprint density at radius 1 is 1.50 bits per heavy atom. The van der Waals surface area contributed by atoms with Gasteiger partial charge in [0.25, 0.3) is 0 Å². The standard InChI is InChI=1S/C15H17N3O2/c19-14(12-11-3-6-16-13(11)18-9-17-12)20-7-5-15-4-1-2-10(15)8-15/h3,6,9-10H,1-2,4-5,7-8H2,(H,16,17,18)/t10-,15-/m1/s1. The molecule has 2 aromatic heterocycles. The monoisotopic (exact) mass is 271 g/mol. The summed E-state index contributed by atoms with van der Waals surface area (Å²) >= 11 is 0. The number of aromatic amines is 1. The molecule has 0 saturated heterocycles. The molecule has 0 bridgehead atoms. The van der Waals surface area contributed by atoms with Crippen LogP contribution in [0.3, 0.4) is 0 Å². The molecule has 0 unspecified atom stereocenters. The van der Waals surface area contributed by atoms with E-state index in [2.05, 4.69) is 15.0 Å². The number of rotatable bonds is 4. The van der Waals surface area contributed by atoms with Crippen LogP contribution in [0.1, 0.15) is 42.6 Å². The molecule has 1 N–H and O–H groups in total. The van der Waals surface area contributed by atoms with Crippen LogP contribution in [0.25, 0.3) is 11.0 Å². The van der Waals surface area contributed by atoms with Crippen molar-refractivity contribution in [2.75, 3.05) is 6.61 Å². The van der Waals surface area contributed by atoms with Crippen molar-refractivity contribution < 1.29 is 9.53 Å². The summed E-state index contributed by atoms with van der Waals surface area (Å²) in [6.07, 6.45) is 9.50. The Hall–Kier alpha value is -1.91. The molecular formula is C15H17N3O2. The third kappa shape index (κ3) is 1.80. The number of nitrogens with zero attached hydrogens (tertiary/aromatic N) is 2. The topological polar surface area (TPSA) is 67.9 Å². The molecule has 2 fully saturated rings. The molecule has 2 saturated carbocycles. The van der Waals surface area contributed by atoms with Crippen molar-refractivity contribution in [2.24, 2.45) is 11.3 Å². The van der Waals surface area contributed by atoms with Crippen LogP contribution in [0, 0.1) is 11.3 Å². The maximum Gasteiger partial charge on any atom is 0.357 e. The number of esters is 1. The number of carbonyl (C=O) groups excluding carboxylic acids is 1. The van der Waals surface area contributed by atoms with Gasteiger partial charge in [0, 0.05) is 6.20 Å². The number of hydrogen-bond acceptors (Lipinski definition) is 4. The summed E-state index contributed by atoms with van der Waals surface area (Å²) in [5, 5.41) is 0.723. The van der Waals surface area contributed by atoms with E-state index < -0.39 is 0 Å². The van der Waals surface area contributed by atoms with Gasteiger partial charge in [0.05, 0.1) is 12.0 Å². The van der Waals surface area contributed by atoms with Crippen LogP contribution in [0.2, 0.25) is 0 Å². The van der Waals surface area contributed by atoms with Gasteiger partial charge in [0.1, 0.15) is 12.0 Å². The van der Waals surface area contributed by atoms with Gasteiger partial charge in [-0.05, 0) is 43.1 Å². The first-order valence-electron chi connectivity index (χ1n) is 7.24. The van der Waals surface area contributed by atoms with E-state index >= 15 is 0 Å². The van der Waals surface area contributed by atoms with Gasteiger partial charge < -0.3 is 9.72 Å². The van der Waals surface area contributed by atoms with E-state index in [-0.39, 0.29) is 5.97 Å². The summed E-state index contributed by atoms with van der Waals surface area (Å²) in [5.41, 5.74) is 1.53. The third-order valence-electron chi connectivity index (χ3n) is 4.97. The number of ether oxygens (including phenoxy) is 1. The zero-order valence-electron chi connectivity index (χ0n) is 11.3. The summed E-state index contributed by atoms with van der Waals surface area (Å²) < 4.78 is 5.42. The van der Waals surface area contributed by atoms with E-state index in [1.807, 2.05) is 0 Å². The van der Waals surface area contributed by atoms with Gasteiger partial charge >= 0.3 is 5.97 Å². The normalized spacial score (nSPS) is 27.5. The zero-order chi connectivity index (χ0) is 13.6.